The van der Waals surface area contributed by atoms with Gasteiger partial charge in [0.15, 0.2) is 0 Å². The number of hydrogen-bond donors (Lipinski definition) is 3. The summed E-state index contributed by atoms with van der Waals surface area (Å²) in [6.07, 6.45) is 5.32. The zero-order valence-electron chi connectivity index (χ0n) is 19.2. The van der Waals surface area contributed by atoms with Crippen LogP contribution >= 0.6 is 0 Å². The third kappa shape index (κ3) is 4.64. The number of hydrogen-bond acceptors (Lipinski definition) is 6. The number of benzene rings is 2. The van der Waals surface area contributed by atoms with E-state index in [9.17, 15) is 23.4 Å². The lowest BCUT2D eigenvalue weighted by Gasteiger charge is -2.48. The number of anilines is 1. The molecule has 34 heavy (non-hydrogen) atoms. The monoisotopic (exact) mass is 486 g/mol. The van der Waals surface area contributed by atoms with E-state index in [0.29, 0.717) is 35.0 Å². The number of aliphatic hydroxyl groups is 1. The number of carboxylic acid groups (broad SMARTS) is 1. The second kappa shape index (κ2) is 8.55. The molecule has 3 N–H and O–H groups in total. The fourth-order valence-electron chi connectivity index (χ4n) is 5.70. The van der Waals surface area contributed by atoms with Gasteiger partial charge in [0.05, 0.1) is 17.9 Å². The Balaban J connectivity index is 1.24. The summed E-state index contributed by atoms with van der Waals surface area (Å²) in [6.45, 7) is 1.76. The van der Waals surface area contributed by atoms with Crippen molar-refractivity contribution in [2.45, 2.75) is 56.3 Å². The van der Waals surface area contributed by atoms with Crippen LogP contribution in [0.1, 0.15) is 58.8 Å². The second-order valence-electron chi connectivity index (χ2n) is 9.85. The molecule has 3 aliphatic rings. The topological polar surface area (TPSA) is 116 Å². The number of rotatable bonds is 4. The Morgan fingerprint density at radius 3 is 2.62 bits per heavy atom. The van der Waals surface area contributed by atoms with E-state index in [1.807, 2.05) is 12.1 Å². The highest BCUT2D eigenvalue weighted by atomic mass is 32.2. The molecule has 0 aromatic heterocycles. The van der Waals surface area contributed by atoms with Crippen molar-refractivity contribution in [3.8, 4) is 5.75 Å². The highest BCUT2D eigenvalue weighted by Crippen LogP contribution is 2.45. The van der Waals surface area contributed by atoms with Gasteiger partial charge >= 0.3 is 5.97 Å². The molecule has 1 fully saturated rings. The van der Waals surface area contributed by atoms with E-state index in [-0.39, 0.29) is 0 Å². The third-order valence-corrected chi connectivity index (χ3v) is 8.05. The molecule has 2 atom stereocenters. The average Bonchev–Trinajstić information content (AvgIpc) is 2.78. The summed E-state index contributed by atoms with van der Waals surface area (Å²) in [6, 6.07) is 10.9. The zero-order chi connectivity index (χ0) is 24.1. The number of piperidine rings is 1. The molecule has 2 aromatic carbocycles. The molecule has 0 unspecified atom stereocenters. The van der Waals surface area contributed by atoms with Crippen LogP contribution in [0, 0.1) is 0 Å². The Hall–Kier alpha value is -2.62. The average molecular weight is 487 g/mol. The molecule has 0 amide bonds. The lowest BCUT2D eigenvalue weighted by molar-refractivity contribution is -0.0608. The first-order valence-corrected chi connectivity index (χ1v) is 13.6. The van der Waals surface area contributed by atoms with E-state index in [2.05, 4.69) is 9.62 Å². The van der Waals surface area contributed by atoms with Crippen molar-refractivity contribution in [2.75, 3.05) is 24.1 Å². The smallest absolute Gasteiger partial charge is 0.335 e. The van der Waals surface area contributed by atoms with E-state index in [4.69, 9.17) is 4.74 Å². The Morgan fingerprint density at radius 2 is 1.91 bits per heavy atom. The summed E-state index contributed by atoms with van der Waals surface area (Å²) < 4.78 is 31.9. The van der Waals surface area contributed by atoms with Crippen LogP contribution in [0.25, 0.3) is 0 Å². The maximum absolute atomic E-state index is 11.5. The summed E-state index contributed by atoms with van der Waals surface area (Å²) in [5.74, 6) is -0.266. The minimum absolute atomic E-state index is 0.352. The van der Waals surface area contributed by atoms with Gasteiger partial charge in [0.25, 0.3) is 0 Å². The number of carbonyl (C=O) groups is 1. The number of aromatic carboxylic acids is 1. The molecule has 182 valence electrons. The van der Waals surface area contributed by atoms with Gasteiger partial charge in [-0.1, -0.05) is 6.07 Å². The van der Waals surface area contributed by atoms with Crippen molar-refractivity contribution in [3.63, 3.8) is 0 Å². The van der Waals surface area contributed by atoms with Crippen LogP contribution in [0.5, 0.6) is 5.75 Å². The van der Waals surface area contributed by atoms with Crippen molar-refractivity contribution in [3.05, 3.63) is 58.7 Å². The van der Waals surface area contributed by atoms with Crippen molar-refractivity contribution in [2.24, 2.45) is 0 Å². The van der Waals surface area contributed by atoms with Crippen molar-refractivity contribution >= 4 is 21.7 Å². The van der Waals surface area contributed by atoms with Crippen LogP contribution in [0.4, 0.5) is 5.69 Å². The maximum atomic E-state index is 11.5. The summed E-state index contributed by atoms with van der Waals surface area (Å²) >= 11 is 0. The van der Waals surface area contributed by atoms with E-state index in [1.54, 1.807) is 24.3 Å². The van der Waals surface area contributed by atoms with E-state index >= 15 is 0 Å². The lowest BCUT2D eigenvalue weighted by Crippen LogP contribution is -2.53. The van der Waals surface area contributed by atoms with Gasteiger partial charge in [-0.15, -0.1) is 0 Å². The number of likely N-dealkylation sites (tertiary alicyclic amines) is 1. The number of aryl methyl sites for hydroxylation is 1. The molecular weight excluding hydrogens is 456 g/mol. The van der Waals surface area contributed by atoms with E-state index in [1.165, 1.54) is 5.56 Å². The summed E-state index contributed by atoms with van der Waals surface area (Å²) in [5.41, 5.74) is 3.35. The molecule has 0 radical (unpaired) electrons. The first kappa shape index (κ1) is 23.1. The number of ether oxygens (including phenoxy) is 1. The molecule has 1 saturated heterocycles. The number of nitrogens with one attached hydrogen (secondary N) is 1. The van der Waals surface area contributed by atoms with E-state index < -0.39 is 27.7 Å². The summed E-state index contributed by atoms with van der Waals surface area (Å²) in [7, 11) is -3.39. The standard InChI is InChI=1S/C25H30N2O6S/c1-34(31,32)26-19-5-7-23-21(14-19)22(28)15-25(33-23)8-10-27(11-9-25)20-6-4-16-12-18(24(29)30)3-2-17(16)13-20/h2-3,5,7,12,14,20,22,26,28H,4,6,8-11,13,15H2,1H3,(H,29,30)/t20-,22-/m1/s1. The molecule has 0 saturated carbocycles. The largest absolute Gasteiger partial charge is 0.487 e. The normalized spacial score (nSPS) is 24.1. The molecular formula is C25H30N2O6S. The SMILES string of the molecule is CS(=O)(=O)Nc1ccc2c(c1)[C@H](O)CC1(CCN([C@@H]3CCc4cc(C(=O)O)ccc4C3)CC1)O2. The van der Waals surface area contributed by atoms with Crippen LogP contribution in [0.15, 0.2) is 36.4 Å². The molecule has 8 nitrogen and oxygen atoms in total. The molecule has 1 aliphatic carbocycles. The Kier molecular flexibility index (Phi) is 5.82. The fourth-order valence-corrected chi connectivity index (χ4v) is 6.26. The number of fused-ring (bicyclic) bond motifs is 2. The molecule has 1 spiro atoms. The van der Waals surface area contributed by atoms with Gasteiger partial charge in [-0.2, -0.15) is 0 Å². The summed E-state index contributed by atoms with van der Waals surface area (Å²) in [4.78, 5) is 13.8. The van der Waals surface area contributed by atoms with Crippen molar-refractivity contribution in [1.29, 1.82) is 0 Å². The summed E-state index contributed by atoms with van der Waals surface area (Å²) in [5, 5.41) is 20.1. The minimum atomic E-state index is -3.39. The minimum Gasteiger partial charge on any atom is -0.487 e. The molecule has 2 aliphatic heterocycles. The van der Waals surface area contributed by atoms with E-state index in [0.717, 1.165) is 57.0 Å². The third-order valence-electron chi connectivity index (χ3n) is 7.45. The predicted octanol–water partition coefficient (Wildman–Crippen LogP) is 2.96. The molecule has 2 aromatic rings. The number of carboxylic acids is 1. The van der Waals surface area contributed by atoms with Gasteiger partial charge < -0.3 is 14.9 Å². The van der Waals surface area contributed by atoms with Gasteiger partial charge in [-0.05, 0) is 73.6 Å². The molecule has 5 rings (SSSR count). The van der Waals surface area contributed by atoms with Crippen molar-refractivity contribution < 1.29 is 28.2 Å². The predicted molar refractivity (Wildman–Crippen MR) is 128 cm³/mol. The van der Waals surface area contributed by atoms with Crippen LogP contribution in [-0.4, -0.2) is 60.5 Å². The highest BCUT2D eigenvalue weighted by molar-refractivity contribution is 7.92. The molecule has 2 heterocycles. The Labute approximate surface area is 199 Å². The zero-order valence-corrected chi connectivity index (χ0v) is 20.0. The maximum Gasteiger partial charge on any atom is 0.335 e. The number of sulfonamides is 1. The quantitative estimate of drug-likeness (QED) is 0.608. The Bertz CT molecular complexity index is 1220. The molecule has 9 heteroatoms. The number of aliphatic hydroxyl groups excluding tert-OH is 1. The van der Waals surface area contributed by atoms with Crippen LogP contribution in [-0.2, 0) is 22.9 Å². The van der Waals surface area contributed by atoms with Crippen LogP contribution in [0.2, 0.25) is 0 Å². The van der Waals surface area contributed by atoms with Crippen LogP contribution in [0.3, 0.4) is 0 Å². The first-order valence-electron chi connectivity index (χ1n) is 11.7. The fraction of sp³-hybridized carbons (Fsp3) is 0.480. The highest BCUT2D eigenvalue weighted by Gasteiger charge is 2.44. The van der Waals surface area contributed by atoms with Gasteiger partial charge in [0, 0.05) is 36.8 Å². The molecule has 0 bridgehead atoms. The van der Waals surface area contributed by atoms with Gasteiger partial charge in [0.2, 0.25) is 10.0 Å². The van der Waals surface area contributed by atoms with Gasteiger partial charge in [-0.25, -0.2) is 13.2 Å². The number of nitrogens with zero attached hydrogens (tertiary/aromatic N) is 1. The van der Waals surface area contributed by atoms with Gasteiger partial charge in [-0.3, -0.25) is 9.62 Å². The van der Waals surface area contributed by atoms with Crippen LogP contribution < -0.4 is 9.46 Å². The van der Waals surface area contributed by atoms with Gasteiger partial charge in [0.1, 0.15) is 11.4 Å². The Morgan fingerprint density at radius 1 is 1.15 bits per heavy atom. The second-order valence-corrected chi connectivity index (χ2v) is 11.6. The van der Waals surface area contributed by atoms with Crippen molar-refractivity contribution in [1.82, 2.24) is 4.90 Å². The first-order chi connectivity index (χ1) is 16.1. The lowest BCUT2D eigenvalue weighted by atomic mass is 9.80.